The van der Waals surface area contributed by atoms with E-state index in [0.717, 1.165) is 50.2 Å². The first-order valence-corrected chi connectivity index (χ1v) is 11.2. The van der Waals surface area contributed by atoms with Gasteiger partial charge in [-0.2, -0.15) is 0 Å². The van der Waals surface area contributed by atoms with Crippen LogP contribution in [0, 0.1) is 0 Å². The number of likely N-dealkylation sites (tertiary alicyclic amines) is 1. The molecule has 2 atom stereocenters. The average molecular weight is 389 g/mol. The number of hydrogen-bond acceptors (Lipinski definition) is 4. The molecule has 1 aromatic rings. The summed E-state index contributed by atoms with van der Waals surface area (Å²) in [5, 5.41) is 2.90. The third-order valence-corrected chi connectivity index (χ3v) is 5.88. The van der Waals surface area contributed by atoms with Crippen molar-refractivity contribution in [2.75, 3.05) is 25.0 Å². The summed E-state index contributed by atoms with van der Waals surface area (Å²) in [4.78, 5) is 15.1. The van der Waals surface area contributed by atoms with Crippen molar-refractivity contribution in [3.8, 4) is 5.75 Å². The highest BCUT2D eigenvalue weighted by atomic mass is 16.6. The van der Waals surface area contributed by atoms with Crippen LogP contribution in [0.25, 0.3) is 0 Å². The number of unbranched alkanes of at least 4 members (excludes halogenated alkanes) is 2. The van der Waals surface area contributed by atoms with Gasteiger partial charge in [0.2, 0.25) is 0 Å². The lowest BCUT2D eigenvalue weighted by Gasteiger charge is -2.41. The van der Waals surface area contributed by atoms with Crippen LogP contribution >= 0.6 is 0 Å². The first-order valence-electron chi connectivity index (χ1n) is 11.2. The van der Waals surface area contributed by atoms with Crippen LogP contribution in [0.2, 0.25) is 0 Å². The highest BCUT2D eigenvalue weighted by molar-refractivity contribution is 5.85. The minimum atomic E-state index is -0.350. The monoisotopic (exact) mass is 388 g/mol. The Morgan fingerprint density at radius 2 is 1.93 bits per heavy atom. The number of anilines is 1. The lowest BCUT2D eigenvalue weighted by atomic mass is 9.90. The number of nitrogens with zero attached hydrogens (tertiary/aromatic N) is 1. The van der Waals surface area contributed by atoms with E-state index in [1.807, 2.05) is 24.3 Å². The molecule has 156 valence electrons. The Morgan fingerprint density at radius 1 is 1.11 bits per heavy atom. The highest BCUT2D eigenvalue weighted by Gasteiger charge is 2.33. The van der Waals surface area contributed by atoms with Gasteiger partial charge in [0.25, 0.3) is 0 Å². The van der Waals surface area contributed by atoms with Crippen LogP contribution in [0.4, 0.5) is 10.5 Å². The predicted octanol–water partition coefficient (Wildman–Crippen LogP) is 5.60. The van der Waals surface area contributed by atoms with Crippen molar-refractivity contribution in [3.05, 3.63) is 24.3 Å². The molecule has 1 heterocycles. The summed E-state index contributed by atoms with van der Waals surface area (Å²) in [6.07, 6.45) is 11.4. The fraction of sp³-hybridized carbons (Fsp3) is 0.696. The molecule has 5 nitrogen and oxygen atoms in total. The van der Waals surface area contributed by atoms with Crippen molar-refractivity contribution < 1.29 is 14.3 Å². The normalized spacial score (nSPS) is 23.2. The van der Waals surface area contributed by atoms with Gasteiger partial charge in [0.1, 0.15) is 11.9 Å². The number of nitrogens with one attached hydrogen (secondary N) is 1. The van der Waals surface area contributed by atoms with Gasteiger partial charge in [0.05, 0.1) is 6.61 Å². The van der Waals surface area contributed by atoms with Crippen molar-refractivity contribution in [2.24, 2.45) is 0 Å². The maximum Gasteiger partial charge on any atom is 0.411 e. The third kappa shape index (κ3) is 6.40. The van der Waals surface area contributed by atoms with Crippen molar-refractivity contribution in [1.29, 1.82) is 0 Å². The molecule has 1 amide bonds. The van der Waals surface area contributed by atoms with Gasteiger partial charge in [-0.3, -0.25) is 10.2 Å². The second-order valence-corrected chi connectivity index (χ2v) is 8.10. The molecule has 28 heavy (non-hydrogen) atoms. The van der Waals surface area contributed by atoms with Crippen LogP contribution in [0.3, 0.4) is 0 Å². The second kappa shape index (κ2) is 11.3. The Hall–Kier alpha value is -1.75. The van der Waals surface area contributed by atoms with E-state index in [2.05, 4.69) is 17.1 Å². The topological polar surface area (TPSA) is 50.8 Å². The lowest BCUT2D eigenvalue weighted by Crippen LogP contribution is -2.49. The summed E-state index contributed by atoms with van der Waals surface area (Å²) in [5.41, 5.74) is 0.725. The fourth-order valence-corrected chi connectivity index (χ4v) is 4.37. The smallest absolute Gasteiger partial charge is 0.411 e. The van der Waals surface area contributed by atoms with Gasteiger partial charge >= 0.3 is 6.09 Å². The van der Waals surface area contributed by atoms with E-state index in [4.69, 9.17) is 9.47 Å². The summed E-state index contributed by atoms with van der Waals surface area (Å²) >= 11 is 0. The molecule has 0 aromatic heterocycles. The molecule has 2 fully saturated rings. The summed E-state index contributed by atoms with van der Waals surface area (Å²) in [5.74, 6) is 0.790. The Morgan fingerprint density at radius 3 is 2.75 bits per heavy atom. The zero-order valence-electron chi connectivity index (χ0n) is 17.3. The molecule has 1 aliphatic heterocycles. The van der Waals surface area contributed by atoms with E-state index < -0.39 is 0 Å². The molecule has 1 saturated heterocycles. The number of rotatable bonds is 8. The number of piperidine rings is 1. The van der Waals surface area contributed by atoms with Crippen LogP contribution in [0.15, 0.2) is 24.3 Å². The molecule has 0 spiro atoms. The van der Waals surface area contributed by atoms with E-state index in [9.17, 15) is 4.79 Å². The van der Waals surface area contributed by atoms with E-state index in [1.54, 1.807) is 0 Å². The third-order valence-electron chi connectivity index (χ3n) is 5.88. The van der Waals surface area contributed by atoms with E-state index in [-0.39, 0.29) is 12.2 Å². The number of carbonyl (C=O) groups is 1. The zero-order chi connectivity index (χ0) is 19.6. The van der Waals surface area contributed by atoms with Gasteiger partial charge < -0.3 is 9.47 Å². The average Bonchev–Trinajstić information content (AvgIpc) is 2.72. The van der Waals surface area contributed by atoms with Crippen LogP contribution in [0.5, 0.6) is 5.75 Å². The standard InChI is InChI=1S/C23H36N2O3/c1-2-3-9-17-27-20-12-10-11-19(18-20)24-23(26)28-22-14-6-5-13-21(22)25-15-7-4-8-16-25/h10-12,18,21-22H,2-9,13-17H2,1H3,(H,24,26). The molecule has 1 N–H and O–H groups in total. The van der Waals surface area contributed by atoms with Crippen LogP contribution < -0.4 is 10.1 Å². The minimum Gasteiger partial charge on any atom is -0.494 e. The van der Waals surface area contributed by atoms with Crippen LogP contribution in [0.1, 0.15) is 71.1 Å². The molecule has 2 unspecified atom stereocenters. The van der Waals surface area contributed by atoms with E-state index in [0.29, 0.717) is 12.6 Å². The van der Waals surface area contributed by atoms with Crippen molar-refractivity contribution in [2.45, 2.75) is 83.3 Å². The van der Waals surface area contributed by atoms with Gasteiger partial charge in [-0.1, -0.05) is 38.7 Å². The van der Waals surface area contributed by atoms with Crippen LogP contribution in [-0.2, 0) is 4.74 Å². The van der Waals surface area contributed by atoms with Crippen molar-refractivity contribution in [3.63, 3.8) is 0 Å². The number of benzene rings is 1. The van der Waals surface area contributed by atoms with Gasteiger partial charge in [-0.15, -0.1) is 0 Å². The molecule has 3 rings (SSSR count). The first-order chi connectivity index (χ1) is 13.8. The molecule has 0 radical (unpaired) electrons. The van der Waals surface area contributed by atoms with Gasteiger partial charge in [-0.05, 0) is 63.7 Å². The summed E-state index contributed by atoms with van der Waals surface area (Å²) in [6, 6.07) is 7.96. The van der Waals surface area contributed by atoms with E-state index in [1.165, 1.54) is 38.5 Å². The molecule has 0 bridgehead atoms. The molecule has 2 aliphatic rings. The maximum atomic E-state index is 12.5. The highest BCUT2D eigenvalue weighted by Crippen LogP contribution is 2.28. The van der Waals surface area contributed by atoms with Crippen molar-refractivity contribution >= 4 is 11.8 Å². The predicted molar refractivity (Wildman–Crippen MR) is 113 cm³/mol. The Balaban J connectivity index is 1.51. The first kappa shape index (κ1) is 21.0. The lowest BCUT2D eigenvalue weighted by molar-refractivity contribution is 0.00174. The number of ether oxygens (including phenoxy) is 2. The Bertz CT molecular complexity index is 601. The SMILES string of the molecule is CCCCCOc1cccc(NC(=O)OC2CCCCC2N2CCCCC2)c1. The number of carbonyl (C=O) groups excluding carboxylic acids is 1. The molecular weight excluding hydrogens is 352 g/mol. The molecular formula is C23H36N2O3. The minimum absolute atomic E-state index is 0.000302. The van der Waals surface area contributed by atoms with Crippen molar-refractivity contribution in [1.82, 2.24) is 4.90 Å². The molecule has 1 aliphatic carbocycles. The summed E-state index contributed by atoms with van der Waals surface area (Å²) in [6.45, 7) is 5.17. The van der Waals surface area contributed by atoms with Gasteiger partial charge in [-0.25, -0.2) is 4.79 Å². The zero-order valence-corrected chi connectivity index (χ0v) is 17.3. The number of hydrogen-bond donors (Lipinski definition) is 1. The molecule has 5 heteroatoms. The number of amides is 1. The largest absolute Gasteiger partial charge is 0.494 e. The Labute approximate surface area is 169 Å². The maximum absolute atomic E-state index is 12.5. The van der Waals surface area contributed by atoms with Crippen LogP contribution in [-0.4, -0.2) is 42.8 Å². The molecule has 1 saturated carbocycles. The molecule has 1 aromatic carbocycles. The second-order valence-electron chi connectivity index (χ2n) is 8.10. The summed E-state index contributed by atoms with van der Waals surface area (Å²) in [7, 11) is 0. The van der Waals surface area contributed by atoms with Gasteiger partial charge in [0, 0.05) is 17.8 Å². The van der Waals surface area contributed by atoms with E-state index >= 15 is 0 Å². The summed E-state index contributed by atoms with van der Waals surface area (Å²) < 4.78 is 11.7. The fourth-order valence-electron chi connectivity index (χ4n) is 4.37. The van der Waals surface area contributed by atoms with Gasteiger partial charge in [0.15, 0.2) is 0 Å². The quantitative estimate of drug-likeness (QED) is 0.589. The Kier molecular flexibility index (Phi) is 8.46.